The molecule has 6 nitrogen and oxygen atoms in total. The molecule has 1 N–H and O–H groups in total. The molecule has 17 heavy (non-hydrogen) atoms. The molecule has 1 rings (SSSR count). The van der Waals surface area contributed by atoms with Gasteiger partial charge in [-0.1, -0.05) is 13.3 Å². The topological polar surface area (TPSA) is 73.3 Å². The van der Waals surface area contributed by atoms with Crippen LogP contribution in [-0.4, -0.2) is 30.1 Å². The summed E-state index contributed by atoms with van der Waals surface area (Å²) in [6.45, 7) is 2.03. The Morgan fingerprint density at radius 2 is 2.18 bits per heavy atom. The number of nitrogens with one attached hydrogen (secondary N) is 1. The number of aromatic nitrogens is 2. The Morgan fingerprint density at radius 3 is 2.76 bits per heavy atom. The Kier molecular flexibility index (Phi) is 5.19. The molecule has 1 amide bonds. The maximum Gasteiger partial charge on any atom is 0.319 e. The largest absolute Gasteiger partial charge is 0.479 e. The van der Waals surface area contributed by atoms with Crippen LogP contribution in [-0.2, 0) is 4.79 Å². The number of anilines is 1. The first-order valence-electron chi connectivity index (χ1n) is 5.46. The SMILES string of the molecule is CCCCC(=O)Nc1cnc(OC)nc1OC. The van der Waals surface area contributed by atoms with Crippen molar-refractivity contribution in [2.45, 2.75) is 26.2 Å². The summed E-state index contributed by atoms with van der Waals surface area (Å²) in [4.78, 5) is 19.4. The van der Waals surface area contributed by atoms with E-state index in [4.69, 9.17) is 9.47 Å². The van der Waals surface area contributed by atoms with Crippen molar-refractivity contribution in [2.75, 3.05) is 19.5 Å². The molecule has 0 radical (unpaired) electrons. The average molecular weight is 239 g/mol. The monoisotopic (exact) mass is 239 g/mol. The van der Waals surface area contributed by atoms with Gasteiger partial charge in [-0.05, 0) is 6.42 Å². The van der Waals surface area contributed by atoms with Gasteiger partial charge in [0.1, 0.15) is 5.69 Å². The molecule has 1 aromatic heterocycles. The van der Waals surface area contributed by atoms with Gasteiger partial charge in [0.25, 0.3) is 0 Å². The highest BCUT2D eigenvalue weighted by Crippen LogP contribution is 2.22. The van der Waals surface area contributed by atoms with Crippen LogP contribution in [0, 0.1) is 0 Å². The number of nitrogens with zero attached hydrogens (tertiary/aromatic N) is 2. The van der Waals surface area contributed by atoms with E-state index in [1.807, 2.05) is 6.92 Å². The number of hydrogen-bond acceptors (Lipinski definition) is 5. The van der Waals surface area contributed by atoms with Gasteiger partial charge in [0.05, 0.1) is 20.4 Å². The summed E-state index contributed by atoms with van der Waals surface area (Å²) in [5, 5.41) is 2.70. The van der Waals surface area contributed by atoms with Gasteiger partial charge < -0.3 is 14.8 Å². The molecule has 1 aromatic rings. The molecule has 94 valence electrons. The zero-order valence-corrected chi connectivity index (χ0v) is 10.3. The second kappa shape index (κ2) is 6.67. The van der Waals surface area contributed by atoms with E-state index in [2.05, 4.69) is 15.3 Å². The summed E-state index contributed by atoms with van der Waals surface area (Å²) in [6.07, 6.45) is 3.77. The van der Waals surface area contributed by atoms with Crippen LogP contribution in [0.25, 0.3) is 0 Å². The van der Waals surface area contributed by atoms with Gasteiger partial charge >= 0.3 is 6.01 Å². The lowest BCUT2D eigenvalue weighted by Gasteiger charge is -2.09. The van der Waals surface area contributed by atoms with Crippen molar-refractivity contribution < 1.29 is 14.3 Å². The van der Waals surface area contributed by atoms with Gasteiger partial charge in [-0.2, -0.15) is 4.98 Å². The third-order valence-electron chi connectivity index (χ3n) is 2.14. The Bertz CT molecular complexity index is 382. The second-order valence-electron chi connectivity index (χ2n) is 3.43. The van der Waals surface area contributed by atoms with Gasteiger partial charge in [0.15, 0.2) is 0 Å². The quantitative estimate of drug-likeness (QED) is 0.816. The van der Waals surface area contributed by atoms with Crippen LogP contribution < -0.4 is 14.8 Å². The van der Waals surface area contributed by atoms with E-state index >= 15 is 0 Å². The first-order chi connectivity index (χ1) is 8.21. The Morgan fingerprint density at radius 1 is 1.41 bits per heavy atom. The van der Waals surface area contributed by atoms with Crippen molar-refractivity contribution in [1.82, 2.24) is 9.97 Å². The lowest BCUT2D eigenvalue weighted by atomic mass is 10.2. The van der Waals surface area contributed by atoms with Crippen molar-refractivity contribution in [2.24, 2.45) is 0 Å². The molecule has 6 heteroatoms. The van der Waals surface area contributed by atoms with E-state index in [0.29, 0.717) is 18.0 Å². The van der Waals surface area contributed by atoms with Crippen molar-refractivity contribution in [3.05, 3.63) is 6.20 Å². The number of carbonyl (C=O) groups excluding carboxylic acids is 1. The number of carbonyl (C=O) groups is 1. The molecule has 1 heterocycles. The molecule has 0 aliphatic heterocycles. The normalized spacial score (nSPS) is 9.82. The smallest absolute Gasteiger partial charge is 0.319 e. The van der Waals surface area contributed by atoms with Crippen LogP contribution in [0.15, 0.2) is 6.20 Å². The van der Waals surface area contributed by atoms with E-state index < -0.39 is 0 Å². The van der Waals surface area contributed by atoms with E-state index in [1.54, 1.807) is 0 Å². The average Bonchev–Trinajstić information content (AvgIpc) is 2.36. The van der Waals surface area contributed by atoms with Crippen LogP contribution in [0.4, 0.5) is 5.69 Å². The summed E-state index contributed by atoms with van der Waals surface area (Å²) in [7, 11) is 2.94. The molecule has 0 unspecified atom stereocenters. The molecule has 0 aliphatic carbocycles. The van der Waals surface area contributed by atoms with Crippen LogP contribution in [0.2, 0.25) is 0 Å². The number of hydrogen-bond donors (Lipinski definition) is 1. The minimum atomic E-state index is -0.0704. The van der Waals surface area contributed by atoms with Gasteiger partial charge in [-0.15, -0.1) is 0 Å². The van der Waals surface area contributed by atoms with Gasteiger partial charge in [-0.25, -0.2) is 4.98 Å². The van der Waals surface area contributed by atoms with Crippen LogP contribution in [0.5, 0.6) is 11.9 Å². The molecule has 0 saturated carbocycles. The molecular weight excluding hydrogens is 222 g/mol. The molecular formula is C11H17N3O3. The fraction of sp³-hybridized carbons (Fsp3) is 0.545. The zero-order valence-electron chi connectivity index (χ0n) is 10.3. The zero-order chi connectivity index (χ0) is 12.7. The lowest BCUT2D eigenvalue weighted by Crippen LogP contribution is -2.13. The van der Waals surface area contributed by atoms with Crippen LogP contribution in [0.1, 0.15) is 26.2 Å². The predicted octanol–water partition coefficient (Wildman–Crippen LogP) is 1.62. The third kappa shape index (κ3) is 3.90. The summed E-state index contributed by atoms with van der Waals surface area (Å²) in [5.74, 6) is 0.223. The highest BCUT2D eigenvalue weighted by Gasteiger charge is 2.10. The summed E-state index contributed by atoms with van der Waals surface area (Å²) in [6, 6.07) is 0.202. The summed E-state index contributed by atoms with van der Waals surface area (Å²) < 4.78 is 9.91. The number of methoxy groups -OCH3 is 2. The molecule has 0 fully saturated rings. The number of ether oxygens (including phenoxy) is 2. The van der Waals surface area contributed by atoms with Crippen molar-refractivity contribution >= 4 is 11.6 Å². The Hall–Kier alpha value is -1.85. The molecule has 0 atom stereocenters. The Balaban J connectivity index is 2.73. The van der Waals surface area contributed by atoms with E-state index in [1.165, 1.54) is 20.4 Å². The predicted molar refractivity (Wildman–Crippen MR) is 63.3 cm³/mol. The van der Waals surface area contributed by atoms with Crippen molar-refractivity contribution in [1.29, 1.82) is 0 Å². The molecule has 0 spiro atoms. The molecule has 0 aromatic carbocycles. The maximum atomic E-state index is 11.5. The Labute approximate surface area is 100 Å². The molecule has 0 aliphatic rings. The van der Waals surface area contributed by atoms with E-state index in [-0.39, 0.29) is 11.9 Å². The number of unbranched alkanes of at least 4 members (excludes halogenated alkanes) is 1. The molecule has 0 bridgehead atoms. The maximum absolute atomic E-state index is 11.5. The number of amides is 1. The van der Waals surface area contributed by atoms with Crippen LogP contribution >= 0.6 is 0 Å². The van der Waals surface area contributed by atoms with E-state index in [9.17, 15) is 4.79 Å². The lowest BCUT2D eigenvalue weighted by molar-refractivity contribution is -0.116. The minimum Gasteiger partial charge on any atom is -0.479 e. The minimum absolute atomic E-state index is 0.0704. The van der Waals surface area contributed by atoms with Crippen molar-refractivity contribution in [3.63, 3.8) is 0 Å². The van der Waals surface area contributed by atoms with Gasteiger partial charge in [0, 0.05) is 6.42 Å². The first kappa shape index (κ1) is 13.2. The fourth-order valence-electron chi connectivity index (χ4n) is 1.24. The second-order valence-corrected chi connectivity index (χ2v) is 3.43. The summed E-state index contributed by atoms with van der Waals surface area (Å²) >= 11 is 0. The third-order valence-corrected chi connectivity index (χ3v) is 2.14. The van der Waals surface area contributed by atoms with E-state index in [0.717, 1.165) is 12.8 Å². The highest BCUT2D eigenvalue weighted by atomic mass is 16.5. The highest BCUT2D eigenvalue weighted by molar-refractivity contribution is 5.91. The summed E-state index contributed by atoms with van der Waals surface area (Å²) in [5.41, 5.74) is 0.453. The number of rotatable bonds is 6. The standard InChI is InChI=1S/C11H17N3O3/c1-4-5-6-9(15)13-8-7-12-11(17-3)14-10(8)16-2/h7H,4-6H2,1-3H3,(H,13,15). The first-order valence-corrected chi connectivity index (χ1v) is 5.46. The fourth-order valence-corrected chi connectivity index (χ4v) is 1.24. The van der Waals surface area contributed by atoms with Crippen molar-refractivity contribution in [3.8, 4) is 11.9 Å². The molecule has 0 saturated heterocycles. The van der Waals surface area contributed by atoms with Crippen LogP contribution in [0.3, 0.4) is 0 Å². The van der Waals surface area contributed by atoms with Gasteiger partial charge in [-0.3, -0.25) is 4.79 Å². The van der Waals surface area contributed by atoms with Gasteiger partial charge in [0.2, 0.25) is 11.8 Å².